The Bertz CT molecular complexity index is 346. The molecular formula is C15H23IO4. The van der Waals surface area contributed by atoms with E-state index in [0.29, 0.717) is 39.6 Å². The Morgan fingerprint density at radius 1 is 0.800 bits per heavy atom. The zero-order valence-electron chi connectivity index (χ0n) is 12.0. The molecule has 4 nitrogen and oxygen atoms in total. The number of halogens is 1. The van der Waals surface area contributed by atoms with Crippen molar-refractivity contribution in [3.8, 4) is 0 Å². The van der Waals surface area contributed by atoms with Gasteiger partial charge in [0.25, 0.3) is 0 Å². The van der Waals surface area contributed by atoms with Gasteiger partial charge in [-0.3, -0.25) is 0 Å². The summed E-state index contributed by atoms with van der Waals surface area (Å²) < 4.78 is 22.4. The third-order valence-electron chi connectivity index (χ3n) is 2.65. The summed E-state index contributed by atoms with van der Waals surface area (Å²) in [5.41, 5.74) is 1.33. The van der Waals surface area contributed by atoms with Crippen LogP contribution in [0.1, 0.15) is 5.56 Å². The van der Waals surface area contributed by atoms with Gasteiger partial charge in [0.1, 0.15) is 0 Å². The van der Waals surface area contributed by atoms with E-state index in [4.69, 9.17) is 18.9 Å². The normalized spacial score (nSPS) is 10.9. The molecule has 5 heteroatoms. The highest BCUT2D eigenvalue weighted by Crippen LogP contribution is 2.11. The standard InChI is InChI=1S/C15H23IO4/c1-17-8-9-19-12-13-20-11-10-18-7-6-14-4-2-3-5-15(14)16/h2-5H,6-13H2,1H3. The van der Waals surface area contributed by atoms with Gasteiger partial charge in [-0.2, -0.15) is 0 Å². The van der Waals surface area contributed by atoms with Crippen molar-refractivity contribution in [2.75, 3.05) is 53.4 Å². The molecule has 0 amide bonds. The maximum Gasteiger partial charge on any atom is 0.0701 e. The molecular weight excluding hydrogens is 371 g/mol. The summed E-state index contributed by atoms with van der Waals surface area (Å²) in [6.45, 7) is 4.41. The van der Waals surface area contributed by atoms with Crippen LogP contribution in [-0.2, 0) is 25.4 Å². The summed E-state index contributed by atoms with van der Waals surface area (Å²) in [4.78, 5) is 0. The van der Waals surface area contributed by atoms with Crippen LogP contribution in [0.15, 0.2) is 24.3 Å². The number of hydrogen-bond acceptors (Lipinski definition) is 4. The molecule has 0 aliphatic heterocycles. The van der Waals surface area contributed by atoms with Crippen molar-refractivity contribution in [1.29, 1.82) is 0 Å². The van der Waals surface area contributed by atoms with Crippen LogP contribution in [0.2, 0.25) is 0 Å². The fourth-order valence-electron chi connectivity index (χ4n) is 1.57. The summed E-state index contributed by atoms with van der Waals surface area (Å²) in [5.74, 6) is 0. The van der Waals surface area contributed by atoms with E-state index in [-0.39, 0.29) is 0 Å². The van der Waals surface area contributed by atoms with E-state index in [1.165, 1.54) is 9.13 Å². The van der Waals surface area contributed by atoms with Crippen molar-refractivity contribution in [1.82, 2.24) is 0 Å². The molecule has 1 rings (SSSR count). The van der Waals surface area contributed by atoms with Gasteiger partial charge in [0.2, 0.25) is 0 Å². The fourth-order valence-corrected chi connectivity index (χ4v) is 2.22. The maximum atomic E-state index is 5.55. The molecule has 0 aliphatic rings. The van der Waals surface area contributed by atoms with Gasteiger partial charge in [0.05, 0.1) is 46.2 Å². The first-order valence-corrected chi connectivity index (χ1v) is 7.88. The van der Waals surface area contributed by atoms with Crippen molar-refractivity contribution in [2.45, 2.75) is 6.42 Å². The minimum Gasteiger partial charge on any atom is -0.382 e. The summed E-state index contributed by atoms with van der Waals surface area (Å²) >= 11 is 2.35. The number of benzene rings is 1. The largest absolute Gasteiger partial charge is 0.382 e. The second-order valence-corrected chi connectivity index (χ2v) is 5.33. The van der Waals surface area contributed by atoms with Gasteiger partial charge in [-0.1, -0.05) is 18.2 Å². The minimum absolute atomic E-state index is 0.601. The summed E-state index contributed by atoms with van der Waals surface area (Å²) in [5, 5.41) is 0. The lowest BCUT2D eigenvalue weighted by molar-refractivity contribution is 0.00405. The maximum absolute atomic E-state index is 5.55. The summed E-state index contributed by atoms with van der Waals surface area (Å²) in [6, 6.07) is 8.36. The average Bonchev–Trinajstić information content (AvgIpc) is 2.46. The molecule has 20 heavy (non-hydrogen) atoms. The van der Waals surface area contributed by atoms with Gasteiger partial charge in [0.15, 0.2) is 0 Å². The highest BCUT2D eigenvalue weighted by Gasteiger charge is 1.98. The molecule has 1 aromatic carbocycles. The van der Waals surface area contributed by atoms with Gasteiger partial charge in [0, 0.05) is 10.7 Å². The molecule has 0 radical (unpaired) electrons. The van der Waals surface area contributed by atoms with E-state index >= 15 is 0 Å². The van der Waals surface area contributed by atoms with Crippen LogP contribution in [0, 0.1) is 3.57 Å². The lowest BCUT2D eigenvalue weighted by atomic mass is 10.2. The minimum atomic E-state index is 0.601. The Hall–Kier alpha value is -0.210. The van der Waals surface area contributed by atoms with Crippen LogP contribution >= 0.6 is 22.6 Å². The van der Waals surface area contributed by atoms with Crippen molar-refractivity contribution < 1.29 is 18.9 Å². The predicted octanol–water partition coefficient (Wildman–Crippen LogP) is 2.53. The quantitative estimate of drug-likeness (QED) is 0.403. The Labute approximate surface area is 134 Å². The van der Waals surface area contributed by atoms with E-state index in [1.807, 2.05) is 0 Å². The molecule has 0 saturated carbocycles. The first-order chi connectivity index (χ1) is 9.84. The van der Waals surface area contributed by atoms with Crippen molar-refractivity contribution >= 4 is 22.6 Å². The van der Waals surface area contributed by atoms with Gasteiger partial charge >= 0.3 is 0 Å². The Morgan fingerprint density at radius 2 is 1.35 bits per heavy atom. The Balaban J connectivity index is 1.87. The van der Waals surface area contributed by atoms with Crippen LogP contribution in [0.25, 0.3) is 0 Å². The van der Waals surface area contributed by atoms with E-state index < -0.39 is 0 Å². The van der Waals surface area contributed by atoms with Gasteiger partial charge in [-0.05, 0) is 40.6 Å². The number of rotatable bonds is 12. The lowest BCUT2D eigenvalue weighted by Crippen LogP contribution is -2.12. The second-order valence-electron chi connectivity index (χ2n) is 4.17. The molecule has 0 fully saturated rings. The zero-order chi connectivity index (χ0) is 14.5. The van der Waals surface area contributed by atoms with Crippen LogP contribution in [-0.4, -0.2) is 53.4 Å². The van der Waals surface area contributed by atoms with E-state index in [0.717, 1.165) is 13.0 Å². The molecule has 0 aliphatic carbocycles. The molecule has 114 valence electrons. The molecule has 0 heterocycles. The molecule has 0 saturated heterocycles. The predicted molar refractivity (Wildman–Crippen MR) is 87.2 cm³/mol. The first kappa shape index (κ1) is 17.8. The zero-order valence-corrected chi connectivity index (χ0v) is 14.1. The smallest absolute Gasteiger partial charge is 0.0701 e. The van der Waals surface area contributed by atoms with Gasteiger partial charge in [-0.15, -0.1) is 0 Å². The average molecular weight is 394 g/mol. The molecule has 0 N–H and O–H groups in total. The fraction of sp³-hybridized carbons (Fsp3) is 0.600. The summed E-state index contributed by atoms with van der Waals surface area (Å²) in [7, 11) is 1.66. The highest BCUT2D eigenvalue weighted by molar-refractivity contribution is 14.1. The first-order valence-electron chi connectivity index (χ1n) is 6.80. The van der Waals surface area contributed by atoms with E-state index in [2.05, 4.69) is 46.9 Å². The molecule has 0 aromatic heterocycles. The topological polar surface area (TPSA) is 36.9 Å². The van der Waals surface area contributed by atoms with Gasteiger partial charge in [-0.25, -0.2) is 0 Å². The second kappa shape index (κ2) is 12.5. The summed E-state index contributed by atoms with van der Waals surface area (Å²) in [6.07, 6.45) is 0.944. The van der Waals surface area contributed by atoms with Crippen LogP contribution in [0.3, 0.4) is 0 Å². The van der Waals surface area contributed by atoms with Crippen molar-refractivity contribution in [3.63, 3.8) is 0 Å². The van der Waals surface area contributed by atoms with Crippen LogP contribution < -0.4 is 0 Å². The molecule has 1 aromatic rings. The van der Waals surface area contributed by atoms with Crippen molar-refractivity contribution in [2.24, 2.45) is 0 Å². The molecule has 0 atom stereocenters. The Morgan fingerprint density at radius 3 is 1.95 bits per heavy atom. The number of ether oxygens (including phenoxy) is 4. The number of hydrogen-bond donors (Lipinski definition) is 0. The monoisotopic (exact) mass is 394 g/mol. The molecule has 0 spiro atoms. The third-order valence-corrected chi connectivity index (χ3v) is 3.70. The van der Waals surface area contributed by atoms with Crippen molar-refractivity contribution in [3.05, 3.63) is 33.4 Å². The third kappa shape index (κ3) is 8.86. The van der Waals surface area contributed by atoms with Crippen LogP contribution in [0.4, 0.5) is 0 Å². The molecule has 0 unspecified atom stereocenters. The van der Waals surface area contributed by atoms with Crippen LogP contribution in [0.5, 0.6) is 0 Å². The van der Waals surface area contributed by atoms with E-state index in [1.54, 1.807) is 7.11 Å². The Kier molecular flexibility index (Phi) is 11.2. The SMILES string of the molecule is COCCOCCOCCOCCc1ccccc1I. The van der Waals surface area contributed by atoms with Gasteiger partial charge < -0.3 is 18.9 Å². The highest BCUT2D eigenvalue weighted by atomic mass is 127. The number of methoxy groups -OCH3 is 1. The molecule has 0 bridgehead atoms. The lowest BCUT2D eigenvalue weighted by Gasteiger charge is -2.07. The van der Waals surface area contributed by atoms with E-state index in [9.17, 15) is 0 Å².